The summed E-state index contributed by atoms with van der Waals surface area (Å²) in [4.78, 5) is 0.162. The van der Waals surface area contributed by atoms with Gasteiger partial charge >= 0.3 is 0 Å². The summed E-state index contributed by atoms with van der Waals surface area (Å²) < 4.78 is 433. The van der Waals surface area contributed by atoms with Crippen LogP contribution in [0.3, 0.4) is 0 Å². The molecule has 4 aliphatic rings. The minimum atomic E-state index is -3.21. The van der Waals surface area contributed by atoms with Crippen LogP contribution in [0, 0.1) is 0 Å². The van der Waals surface area contributed by atoms with Crippen molar-refractivity contribution >= 4 is 27.8 Å². The first kappa shape index (κ1) is 16.4. The van der Waals surface area contributed by atoms with Gasteiger partial charge in [-0.3, -0.25) is 0 Å². The molecule has 338 valence electrons. The van der Waals surface area contributed by atoms with E-state index in [1.165, 1.54) is 0 Å². The molecular formula is C72H45N. The van der Waals surface area contributed by atoms with Gasteiger partial charge in [0.25, 0.3) is 0 Å². The molecule has 0 saturated carbocycles. The van der Waals surface area contributed by atoms with Crippen LogP contribution >= 0.6 is 0 Å². The Balaban J connectivity index is 1.15. The minimum absolute atomic E-state index is 0.162. The van der Waals surface area contributed by atoms with Crippen LogP contribution in [-0.4, -0.2) is 0 Å². The zero-order valence-corrected chi connectivity index (χ0v) is 36.4. The Morgan fingerprint density at radius 3 is 1.26 bits per heavy atom. The molecule has 73 heavy (non-hydrogen) atoms. The molecule has 4 aliphatic carbocycles. The summed E-state index contributed by atoms with van der Waals surface area (Å²) >= 11 is 0. The highest BCUT2D eigenvalue weighted by molar-refractivity contribution is 6.10. The van der Waals surface area contributed by atoms with E-state index in [4.69, 9.17) is 9.60 Å². The van der Waals surface area contributed by atoms with Gasteiger partial charge in [0, 0.05) is 17.1 Å². The van der Waals surface area contributed by atoms with Gasteiger partial charge in [-0.1, -0.05) is 236 Å². The summed E-state index contributed by atoms with van der Waals surface area (Å²) in [5.41, 5.74) is -29.9. The minimum Gasteiger partial charge on any atom is -0.310 e. The third-order valence-corrected chi connectivity index (χ3v) is 13.6. The fraction of sp³-hybridized carbons (Fsp3) is 0.0278. The number of anilines is 3. The van der Waals surface area contributed by atoms with Crippen molar-refractivity contribution in [3.8, 4) is 66.8 Å². The van der Waals surface area contributed by atoms with Crippen LogP contribution in [0.4, 0.5) is 17.1 Å². The average Bonchev–Trinajstić information content (AvgIpc) is 1.48. The number of para-hydroxylation sites is 1. The molecule has 0 aromatic heterocycles. The molecule has 0 amide bonds. The first-order chi connectivity index (χ1) is 55.0. The van der Waals surface area contributed by atoms with Gasteiger partial charge in [0.1, 0.15) is 0 Å². The number of nitrogens with zero attached hydrogens (tertiary/aromatic N) is 1. The molecule has 12 aromatic rings. The monoisotopic (exact) mass is 969 g/mol. The largest absolute Gasteiger partial charge is 0.310 e. The maximum Gasteiger partial charge on any atom is 0.0726 e. The number of hydrogen-bond acceptors (Lipinski definition) is 1. The normalized spacial score (nSPS) is 22.6. The van der Waals surface area contributed by atoms with Gasteiger partial charge in [-0.25, -0.2) is 0 Å². The fourth-order valence-electron chi connectivity index (χ4n) is 10.9. The van der Waals surface area contributed by atoms with Gasteiger partial charge in [0.2, 0.25) is 0 Å². The Morgan fingerprint density at radius 1 is 0.247 bits per heavy atom. The summed E-state index contributed by atoms with van der Waals surface area (Å²) in [6.45, 7) is 0. The van der Waals surface area contributed by atoms with Crippen molar-refractivity contribution in [2.45, 2.75) is 10.8 Å². The number of rotatable bonds is 5. The predicted molar refractivity (Wildman–Crippen MR) is 302 cm³/mol. The number of fused-ring (bicyclic) bond motifs is 21. The topological polar surface area (TPSA) is 3.24 Å². The highest BCUT2D eigenvalue weighted by Crippen LogP contribution is 2.66. The van der Waals surface area contributed by atoms with Crippen molar-refractivity contribution in [3.05, 3.63) is 316 Å². The molecule has 1 heteroatoms. The average molecular weight is 969 g/mol. The second kappa shape index (κ2) is 15.1. The van der Waals surface area contributed by atoms with Gasteiger partial charge in [-0.2, -0.15) is 0 Å². The first-order valence-electron chi connectivity index (χ1n) is 44.4. The quantitative estimate of drug-likeness (QED) is 0.166. The molecule has 0 atom stereocenters. The third-order valence-electron chi connectivity index (χ3n) is 13.6. The maximum atomic E-state index is 10.9. The van der Waals surface area contributed by atoms with Gasteiger partial charge in [0.15, 0.2) is 0 Å². The molecule has 12 aromatic carbocycles. The lowest BCUT2D eigenvalue weighted by Gasteiger charge is -2.32. The summed E-state index contributed by atoms with van der Waals surface area (Å²) in [5, 5.41) is -2.11. The summed E-state index contributed by atoms with van der Waals surface area (Å²) in [6.07, 6.45) is 0. The lowest BCUT2D eigenvalue weighted by molar-refractivity contribution is 0.793. The van der Waals surface area contributed by atoms with Crippen LogP contribution in [0.2, 0.25) is 0 Å². The second-order valence-electron chi connectivity index (χ2n) is 16.8. The van der Waals surface area contributed by atoms with E-state index in [-0.39, 0.29) is 4.90 Å². The van der Waals surface area contributed by atoms with E-state index in [9.17, 15) is 52.1 Å². The van der Waals surface area contributed by atoms with Crippen molar-refractivity contribution < 1.29 is 61.7 Å². The molecule has 0 aliphatic heterocycles. The molecule has 0 fully saturated rings. The van der Waals surface area contributed by atoms with Gasteiger partial charge in [-0.15, -0.1) is 0 Å². The fourth-order valence-corrected chi connectivity index (χ4v) is 10.9. The van der Waals surface area contributed by atoms with E-state index in [1.54, 1.807) is 0 Å². The highest BCUT2D eigenvalue weighted by atomic mass is 15.1. The summed E-state index contributed by atoms with van der Waals surface area (Å²) in [5.74, 6) is 0. The zero-order chi connectivity index (χ0) is 87.0. The number of hydrogen-bond donors (Lipinski definition) is 0. The Kier molecular flexibility index (Phi) is 3.39. The van der Waals surface area contributed by atoms with Gasteiger partial charge in [-0.05, 0) is 158 Å². The smallest absolute Gasteiger partial charge is 0.0726 e. The predicted octanol–water partition coefficient (Wildman–Crippen LogP) is 18.3. The third kappa shape index (κ3) is 5.25. The van der Waals surface area contributed by atoms with Crippen molar-refractivity contribution in [2.75, 3.05) is 4.90 Å². The van der Waals surface area contributed by atoms with E-state index in [2.05, 4.69) is 0 Å². The van der Waals surface area contributed by atoms with Crippen molar-refractivity contribution in [3.63, 3.8) is 0 Å². The standard InChI is InChI=1S/C72H45N/c1-2-22-48(23-3-1)73(50-41-43-58-57-30-10-16-37-65(57)72(68(58)45-50)63-35-14-8-28-55(63)56-29-9-15-36-64(56)72)49-24-18-21-47(44-49)52-42-40-46-20-4-5-25-51(46)69(52)60-32-19-39-67-70(60)59-31-11-17-38-66(59)71(67)61-33-12-6-26-53(61)54-27-7-13-34-62(54)71/h1-45H/i1D,2D,3D,4D,5D,6D,7D,8D,9D,10D,11D,12D,13D,14D,15D,16D,17D,18D,19D,20D,21D,22D,23D,24D,25D,26D,27D,28D,29D,30D,31D,32D,33D,34D,35D,36D,37D,38D,39D,40D,41D,42D,43D,44D,45D. The maximum absolute atomic E-state index is 10.9. The van der Waals surface area contributed by atoms with Crippen LogP contribution in [0.1, 0.15) is 106 Å². The van der Waals surface area contributed by atoms with Crippen molar-refractivity contribution in [1.82, 2.24) is 0 Å². The van der Waals surface area contributed by atoms with E-state index >= 15 is 0 Å². The Labute approximate surface area is 488 Å². The van der Waals surface area contributed by atoms with Crippen LogP contribution in [-0.2, 0) is 10.8 Å². The molecule has 1 nitrogen and oxygen atoms in total. The molecule has 0 saturated heterocycles. The lowest BCUT2D eigenvalue weighted by Crippen LogP contribution is -2.26. The van der Waals surface area contributed by atoms with E-state index in [0.29, 0.717) is 0 Å². The van der Waals surface area contributed by atoms with Gasteiger partial charge < -0.3 is 4.90 Å². The van der Waals surface area contributed by atoms with Crippen LogP contribution in [0.15, 0.2) is 272 Å². The van der Waals surface area contributed by atoms with Crippen LogP contribution < -0.4 is 4.90 Å². The molecule has 0 heterocycles. The van der Waals surface area contributed by atoms with Crippen molar-refractivity contribution in [1.29, 1.82) is 0 Å². The lowest BCUT2D eigenvalue weighted by atomic mass is 9.70. The molecule has 0 unspecified atom stereocenters. The molecule has 0 bridgehead atoms. The summed E-state index contributed by atoms with van der Waals surface area (Å²) in [6, 6.07) is -55.5. The van der Waals surface area contributed by atoms with Crippen LogP contribution in [0.5, 0.6) is 0 Å². The van der Waals surface area contributed by atoms with Gasteiger partial charge in [0.05, 0.1) is 72.5 Å². The Morgan fingerprint density at radius 2 is 0.658 bits per heavy atom. The first-order valence-corrected chi connectivity index (χ1v) is 21.9. The second-order valence-corrected chi connectivity index (χ2v) is 16.8. The van der Waals surface area contributed by atoms with Crippen molar-refractivity contribution in [2.24, 2.45) is 0 Å². The Bertz CT molecular complexity index is 6800. The van der Waals surface area contributed by atoms with Crippen LogP contribution in [0.25, 0.3) is 77.5 Å². The number of benzene rings is 12. The molecule has 2 spiro atoms. The van der Waals surface area contributed by atoms with E-state index in [0.717, 1.165) is 0 Å². The molecule has 0 radical (unpaired) electrons. The highest BCUT2D eigenvalue weighted by Gasteiger charge is 2.53. The molecule has 16 rings (SSSR count). The Hall–Kier alpha value is -9.30. The van der Waals surface area contributed by atoms with E-state index in [1.807, 2.05) is 0 Å². The SMILES string of the molecule is [2H]c1c([2H])c([2H])c(N(c2c([2H])c([2H])c([2H])c(-c3c([2H])c([2H])c4c([2H])c([2H])c([2H])c([2H])c4c3-c3c([2H])c([2H])c([2H])c4c3-c3c([2H])c([2H])c([2H])c([2H])c3C43c4c([2H])c([2H])c([2H])c([2H])c4-c4c([2H])c([2H])c([2H])c([2H])c43)c2[2H])c2c([2H])c([2H])c3c(c2[2H])C2(c4c([2H])c([2H])c([2H])c([2H])c4-c4c([2H])c([2H])c([2H])c([2H])c42)c2c([2H])c([2H])c([2H])c([2H])c2-3)c([2H])c1[2H]. The summed E-state index contributed by atoms with van der Waals surface area (Å²) in [7, 11) is 0. The molecular weight excluding hydrogens is 879 g/mol. The van der Waals surface area contributed by atoms with E-state index < -0.39 is 422 Å². The zero-order valence-electron chi connectivity index (χ0n) is 81.4. The molecule has 0 N–H and O–H groups in total.